The Morgan fingerprint density at radius 3 is 2.32 bits per heavy atom. The highest BCUT2D eigenvalue weighted by Crippen LogP contribution is 2.21. The van der Waals surface area contributed by atoms with Crippen LogP contribution < -0.4 is 9.64 Å². The van der Waals surface area contributed by atoms with Gasteiger partial charge < -0.3 is 9.64 Å². The van der Waals surface area contributed by atoms with Crippen LogP contribution in [0, 0.1) is 18.3 Å². The second-order valence-electron chi connectivity index (χ2n) is 6.43. The molecule has 0 N–H and O–H groups in total. The second kappa shape index (κ2) is 9.63. The van der Waals surface area contributed by atoms with Crippen molar-refractivity contribution in [3.05, 3.63) is 66.6 Å². The van der Waals surface area contributed by atoms with Crippen molar-refractivity contribution >= 4 is 15.7 Å². The summed E-state index contributed by atoms with van der Waals surface area (Å²) in [6.07, 6.45) is 1.53. The summed E-state index contributed by atoms with van der Waals surface area (Å²) < 4.78 is 32.1. The molecule has 3 rings (SSSR count). The highest BCUT2D eigenvalue weighted by molar-refractivity contribution is 7.89. The van der Waals surface area contributed by atoms with Gasteiger partial charge in [0, 0.05) is 37.4 Å². The van der Waals surface area contributed by atoms with Crippen molar-refractivity contribution in [1.29, 1.82) is 0 Å². The lowest BCUT2D eigenvalue weighted by molar-refractivity contribution is 0.340. The van der Waals surface area contributed by atoms with Gasteiger partial charge in [0.2, 0.25) is 10.0 Å². The van der Waals surface area contributed by atoms with Gasteiger partial charge in [-0.2, -0.15) is 4.31 Å². The van der Waals surface area contributed by atoms with E-state index in [1.807, 2.05) is 61.5 Å². The van der Waals surface area contributed by atoms with Gasteiger partial charge in [0.1, 0.15) is 5.75 Å². The highest BCUT2D eigenvalue weighted by Gasteiger charge is 2.26. The predicted octanol–water partition coefficient (Wildman–Crippen LogP) is 2.79. The Hall–Kier alpha value is -2.49. The first-order chi connectivity index (χ1) is 13.6. The fraction of sp³-hybridized carbons (Fsp3) is 0.318. The zero-order valence-corrected chi connectivity index (χ0v) is 16.9. The quantitative estimate of drug-likeness (QED) is 0.704. The van der Waals surface area contributed by atoms with Crippen LogP contribution in [0.4, 0.5) is 5.69 Å². The number of ether oxygens (including phenoxy) is 1. The SMILES string of the molecule is CCOc1ccc(N2CCN(S(=O)(=O)C[CH]C#Cc3ccccc3)CC2)cc1. The maximum absolute atomic E-state index is 12.5. The molecule has 2 aromatic carbocycles. The molecule has 0 amide bonds. The van der Waals surface area contributed by atoms with E-state index in [-0.39, 0.29) is 5.75 Å². The largest absolute Gasteiger partial charge is 0.494 e. The molecule has 1 saturated heterocycles. The van der Waals surface area contributed by atoms with Crippen LogP contribution in [-0.2, 0) is 10.0 Å². The van der Waals surface area contributed by atoms with E-state index in [0.29, 0.717) is 32.8 Å². The fourth-order valence-electron chi connectivity index (χ4n) is 3.05. The molecule has 0 saturated carbocycles. The first kappa shape index (κ1) is 20.2. The Kier molecular flexibility index (Phi) is 6.96. The van der Waals surface area contributed by atoms with E-state index in [1.54, 1.807) is 4.31 Å². The van der Waals surface area contributed by atoms with Crippen molar-refractivity contribution in [3.63, 3.8) is 0 Å². The molecular weight excluding hydrogens is 372 g/mol. The molecule has 1 aliphatic rings. The minimum Gasteiger partial charge on any atom is -0.494 e. The Morgan fingerprint density at radius 2 is 1.68 bits per heavy atom. The van der Waals surface area contributed by atoms with Gasteiger partial charge in [0.25, 0.3) is 0 Å². The Bertz CT molecular complexity index is 908. The van der Waals surface area contributed by atoms with Crippen LogP contribution in [0.3, 0.4) is 0 Å². The molecule has 147 valence electrons. The van der Waals surface area contributed by atoms with Gasteiger partial charge in [-0.25, -0.2) is 8.42 Å². The van der Waals surface area contributed by atoms with Crippen LogP contribution in [0.25, 0.3) is 0 Å². The lowest BCUT2D eigenvalue weighted by Gasteiger charge is -2.35. The smallest absolute Gasteiger partial charge is 0.215 e. The molecule has 5 nitrogen and oxygen atoms in total. The zero-order valence-electron chi connectivity index (χ0n) is 16.0. The average Bonchev–Trinajstić information content (AvgIpc) is 2.73. The summed E-state index contributed by atoms with van der Waals surface area (Å²) in [4.78, 5) is 2.20. The number of hydrogen-bond acceptors (Lipinski definition) is 4. The lowest BCUT2D eigenvalue weighted by atomic mass is 10.2. The molecule has 28 heavy (non-hydrogen) atoms. The first-order valence-corrected chi connectivity index (χ1v) is 11.0. The van der Waals surface area contributed by atoms with Crippen molar-refractivity contribution in [2.24, 2.45) is 0 Å². The van der Waals surface area contributed by atoms with Gasteiger partial charge in [0.15, 0.2) is 0 Å². The number of benzene rings is 2. The van der Waals surface area contributed by atoms with Crippen molar-refractivity contribution in [3.8, 4) is 17.6 Å². The number of sulfonamides is 1. The van der Waals surface area contributed by atoms with Crippen LogP contribution >= 0.6 is 0 Å². The van der Waals surface area contributed by atoms with E-state index in [4.69, 9.17) is 4.74 Å². The molecular formula is C22H25N2O3S. The van der Waals surface area contributed by atoms with E-state index < -0.39 is 10.0 Å². The average molecular weight is 398 g/mol. The fourth-order valence-corrected chi connectivity index (χ4v) is 4.28. The molecule has 1 aliphatic heterocycles. The molecule has 1 fully saturated rings. The molecule has 0 spiro atoms. The van der Waals surface area contributed by atoms with Crippen molar-refractivity contribution in [1.82, 2.24) is 4.31 Å². The van der Waals surface area contributed by atoms with Gasteiger partial charge in [-0.05, 0) is 43.3 Å². The van der Waals surface area contributed by atoms with Crippen molar-refractivity contribution in [2.45, 2.75) is 6.92 Å². The Labute approximate surface area is 168 Å². The van der Waals surface area contributed by atoms with Crippen LogP contribution in [0.5, 0.6) is 5.75 Å². The van der Waals surface area contributed by atoms with E-state index in [2.05, 4.69) is 16.7 Å². The number of anilines is 1. The van der Waals surface area contributed by atoms with E-state index in [0.717, 1.165) is 17.0 Å². The number of hydrogen-bond donors (Lipinski definition) is 0. The molecule has 6 heteroatoms. The van der Waals surface area contributed by atoms with Gasteiger partial charge in [0.05, 0.1) is 18.8 Å². The Morgan fingerprint density at radius 1 is 1.00 bits per heavy atom. The normalized spacial score (nSPS) is 15.0. The second-order valence-corrected chi connectivity index (χ2v) is 8.44. The van der Waals surface area contributed by atoms with E-state index in [9.17, 15) is 8.42 Å². The Balaban J connectivity index is 1.50. The minimum atomic E-state index is -3.33. The van der Waals surface area contributed by atoms with Gasteiger partial charge in [-0.15, -0.1) is 0 Å². The molecule has 1 heterocycles. The third kappa shape index (κ3) is 5.51. The molecule has 1 radical (unpaired) electrons. The van der Waals surface area contributed by atoms with Gasteiger partial charge >= 0.3 is 0 Å². The maximum Gasteiger partial charge on any atom is 0.215 e. The summed E-state index contributed by atoms with van der Waals surface area (Å²) in [5.74, 6) is 6.59. The van der Waals surface area contributed by atoms with Crippen LogP contribution in [0.2, 0.25) is 0 Å². The van der Waals surface area contributed by atoms with Gasteiger partial charge in [-0.1, -0.05) is 30.0 Å². The molecule has 0 aliphatic carbocycles. The van der Waals surface area contributed by atoms with Crippen molar-refractivity contribution < 1.29 is 13.2 Å². The molecule has 0 aromatic heterocycles. The van der Waals surface area contributed by atoms with Crippen molar-refractivity contribution in [2.75, 3.05) is 43.4 Å². The third-order valence-electron chi connectivity index (χ3n) is 4.53. The van der Waals surface area contributed by atoms with Crippen LogP contribution in [0.15, 0.2) is 54.6 Å². The number of piperazine rings is 1. The van der Waals surface area contributed by atoms with E-state index >= 15 is 0 Å². The minimum absolute atomic E-state index is 0.0596. The molecule has 0 unspecified atom stereocenters. The summed E-state index contributed by atoms with van der Waals surface area (Å²) in [6.45, 7) is 4.90. The molecule has 2 aromatic rings. The maximum atomic E-state index is 12.5. The first-order valence-electron chi connectivity index (χ1n) is 9.42. The summed E-state index contributed by atoms with van der Waals surface area (Å²) in [7, 11) is -3.33. The number of rotatable bonds is 6. The summed E-state index contributed by atoms with van der Waals surface area (Å²) in [5.41, 5.74) is 1.96. The highest BCUT2D eigenvalue weighted by atomic mass is 32.2. The molecule has 0 atom stereocenters. The standard InChI is InChI=1S/C22H25N2O3S/c1-2-27-22-13-11-21(12-14-22)23-15-17-24(18-16-23)28(25,26)19-7-6-10-20-8-4-3-5-9-20/h3-5,7-9,11-14H,2,15-19H2,1H3. The monoisotopic (exact) mass is 397 g/mol. The topological polar surface area (TPSA) is 49.9 Å². The van der Waals surface area contributed by atoms with E-state index in [1.165, 1.54) is 6.42 Å². The number of nitrogens with zero attached hydrogens (tertiary/aromatic N) is 2. The van der Waals surface area contributed by atoms with Crippen LogP contribution in [-0.4, -0.2) is 51.3 Å². The predicted molar refractivity (Wildman–Crippen MR) is 113 cm³/mol. The third-order valence-corrected chi connectivity index (χ3v) is 6.27. The zero-order chi connectivity index (χ0) is 19.8. The molecule has 0 bridgehead atoms. The summed E-state index contributed by atoms with van der Waals surface area (Å²) in [6, 6.07) is 17.5. The van der Waals surface area contributed by atoms with Crippen LogP contribution in [0.1, 0.15) is 12.5 Å². The van der Waals surface area contributed by atoms with Gasteiger partial charge in [-0.3, -0.25) is 0 Å². The summed E-state index contributed by atoms with van der Waals surface area (Å²) >= 11 is 0. The summed E-state index contributed by atoms with van der Waals surface area (Å²) in [5, 5.41) is 0. The lowest BCUT2D eigenvalue weighted by Crippen LogP contribution is -2.49.